The number of nitrogens with one attached hydrogen (secondary N) is 1. The maximum Gasteiger partial charge on any atom is 0.220 e. The number of aliphatic hydroxyl groups excluding tert-OH is 11. The van der Waals surface area contributed by atoms with E-state index in [1.807, 2.05) is 6.08 Å². The Labute approximate surface area is 488 Å². The highest BCUT2D eigenvalue weighted by Crippen LogP contribution is 2.33. The van der Waals surface area contributed by atoms with Crippen molar-refractivity contribution in [1.82, 2.24) is 5.32 Å². The first-order valence-electron chi connectivity index (χ1n) is 30.5. The molecule has 3 heterocycles. The fourth-order valence-electron chi connectivity index (χ4n) is 9.64. The van der Waals surface area contributed by atoms with Crippen LogP contribution in [0.2, 0.25) is 0 Å². The molecule has 0 aromatic carbocycles. The van der Waals surface area contributed by atoms with Gasteiger partial charge in [0.2, 0.25) is 5.91 Å². The van der Waals surface area contributed by atoms with Gasteiger partial charge < -0.3 is 89.9 Å². The third-order valence-electron chi connectivity index (χ3n) is 14.6. The van der Waals surface area contributed by atoms with E-state index in [4.69, 9.17) is 28.4 Å². The molecule has 3 rings (SSSR count). The van der Waals surface area contributed by atoms with Gasteiger partial charge in [-0.3, -0.25) is 4.79 Å². The number of carbonyl (C=O) groups excluding carboxylic acids is 1. The topological polar surface area (TPSA) is 307 Å². The molecule has 1 amide bonds. The van der Waals surface area contributed by atoms with Gasteiger partial charge in [0.05, 0.1) is 38.6 Å². The number of allylic oxidation sites excluding steroid dienone is 15. The second-order valence-corrected chi connectivity index (χ2v) is 21.4. The predicted molar refractivity (Wildman–Crippen MR) is 314 cm³/mol. The van der Waals surface area contributed by atoms with Crippen LogP contribution < -0.4 is 5.32 Å². The zero-order valence-electron chi connectivity index (χ0n) is 48.9. The third-order valence-corrected chi connectivity index (χ3v) is 14.6. The molecule has 19 heteroatoms. The summed E-state index contributed by atoms with van der Waals surface area (Å²) in [6.07, 6.45) is 29.6. The Bertz CT molecular complexity index is 1870. The van der Waals surface area contributed by atoms with E-state index in [0.717, 1.165) is 89.9 Å². The molecule has 19 nitrogen and oxygen atoms in total. The van der Waals surface area contributed by atoms with Crippen LogP contribution in [-0.4, -0.2) is 193 Å². The fraction of sp³-hybridized carbons (Fsp3) is 0.730. The minimum atomic E-state index is -1.99. The van der Waals surface area contributed by atoms with Gasteiger partial charge in [-0.15, -0.1) is 0 Å². The monoisotopic (exact) mass is 1160 g/mol. The third kappa shape index (κ3) is 28.3. The van der Waals surface area contributed by atoms with Crippen LogP contribution in [0.3, 0.4) is 0 Å². The van der Waals surface area contributed by atoms with Crippen LogP contribution in [0.15, 0.2) is 97.2 Å². The van der Waals surface area contributed by atoms with Crippen LogP contribution in [0.5, 0.6) is 0 Å². The Hall–Kier alpha value is -3.29. The molecule has 12 N–H and O–H groups in total. The first kappa shape index (κ1) is 73.0. The van der Waals surface area contributed by atoms with E-state index in [2.05, 4.69) is 104 Å². The molecule has 3 aliphatic rings. The van der Waals surface area contributed by atoms with Crippen LogP contribution in [0.25, 0.3) is 0 Å². The summed E-state index contributed by atoms with van der Waals surface area (Å²) in [6.45, 7) is 1.54. The van der Waals surface area contributed by atoms with Crippen molar-refractivity contribution in [3.63, 3.8) is 0 Å². The largest absolute Gasteiger partial charge is 0.394 e. The first-order valence-corrected chi connectivity index (χ1v) is 30.5. The molecule has 0 saturated carbocycles. The number of hydrogen-bond donors (Lipinski definition) is 12. The standard InChI is InChI=1S/C63H105NO18/c1-3-5-7-9-11-13-15-17-18-19-20-21-22-23-24-25-26-27-28-29-31-33-35-37-39-41-51(69)64-46(47(68)40-38-36-34-32-30-16-14-12-10-8-6-4-2)45-77-61-57(75)54(72)59(49(43-66)79-61)82-63-58(76)55(73)60(50(44-67)80-63)81-62-56(74)53(71)52(70)48(42-65)78-62/h5,7,11,13,17-18,20-21,23-24,26-27,29,31,38,40,46-50,52-63,65-68,70-76H,3-4,6,8-10,12,14-16,19,22,25,28,30,32-37,39,41-45H2,1-2H3,(H,64,69)/b7-5-,13-11-,18-17-,21-20-,24-23-,27-26-,31-29-,40-38+. The lowest BCUT2D eigenvalue weighted by atomic mass is 9.96. The lowest BCUT2D eigenvalue weighted by Gasteiger charge is -2.48. The molecule has 0 aromatic rings. The van der Waals surface area contributed by atoms with Crippen molar-refractivity contribution in [2.75, 3.05) is 26.4 Å². The van der Waals surface area contributed by atoms with Gasteiger partial charge in [0.1, 0.15) is 73.2 Å². The van der Waals surface area contributed by atoms with Crippen LogP contribution >= 0.6 is 0 Å². The summed E-state index contributed by atoms with van der Waals surface area (Å²) in [5, 5.41) is 120. The number of rotatable bonds is 43. The minimum Gasteiger partial charge on any atom is -0.394 e. The molecule has 17 unspecified atom stereocenters. The summed E-state index contributed by atoms with van der Waals surface area (Å²) >= 11 is 0. The lowest BCUT2D eigenvalue weighted by Crippen LogP contribution is -2.66. The van der Waals surface area contributed by atoms with Crippen LogP contribution in [0.1, 0.15) is 162 Å². The molecule has 0 aliphatic carbocycles. The highest BCUT2D eigenvalue weighted by molar-refractivity contribution is 5.76. The van der Waals surface area contributed by atoms with Gasteiger partial charge >= 0.3 is 0 Å². The minimum absolute atomic E-state index is 0.197. The molecule has 3 saturated heterocycles. The normalized spacial score (nSPS) is 30.3. The summed E-state index contributed by atoms with van der Waals surface area (Å²) < 4.78 is 34.2. The lowest BCUT2D eigenvalue weighted by molar-refractivity contribution is -0.379. The van der Waals surface area contributed by atoms with Crippen LogP contribution in [0, 0.1) is 0 Å². The van der Waals surface area contributed by atoms with E-state index in [0.29, 0.717) is 6.42 Å². The first-order chi connectivity index (χ1) is 39.8. The van der Waals surface area contributed by atoms with Gasteiger partial charge in [0.25, 0.3) is 0 Å². The summed E-state index contributed by atoms with van der Waals surface area (Å²) in [4.78, 5) is 13.3. The molecule has 0 bridgehead atoms. The zero-order chi connectivity index (χ0) is 59.7. The van der Waals surface area contributed by atoms with Gasteiger partial charge in [-0.1, -0.05) is 175 Å². The fourth-order valence-corrected chi connectivity index (χ4v) is 9.64. The Kier molecular flexibility index (Phi) is 40.1. The van der Waals surface area contributed by atoms with Crippen molar-refractivity contribution in [2.45, 2.75) is 266 Å². The van der Waals surface area contributed by atoms with Gasteiger partial charge in [-0.25, -0.2) is 0 Å². The molecule has 0 radical (unpaired) electrons. The summed E-state index contributed by atoms with van der Waals surface area (Å²) in [7, 11) is 0. The molecule has 82 heavy (non-hydrogen) atoms. The van der Waals surface area contributed by atoms with Gasteiger partial charge in [-0.2, -0.15) is 0 Å². The average Bonchev–Trinajstić information content (AvgIpc) is 3.59. The highest BCUT2D eigenvalue weighted by Gasteiger charge is 2.53. The SMILES string of the molecule is CC/C=C\C/C=C\C/C=C\C/C=C\C/C=C\C/C=C\C/C=C\CCCCCC(=O)NC(COC1OC(CO)C(OC2OC(CO)C(OC3OC(CO)C(O)C(O)C3O)C(O)C2O)C(O)C1O)C(O)/C=C/CCCCCCCCCCCC. The molecule has 3 aliphatic heterocycles. The Morgan fingerprint density at radius 2 is 0.841 bits per heavy atom. The number of unbranched alkanes of at least 4 members (excludes halogenated alkanes) is 13. The summed E-state index contributed by atoms with van der Waals surface area (Å²) in [5.74, 6) is -0.314. The second-order valence-electron chi connectivity index (χ2n) is 21.4. The smallest absolute Gasteiger partial charge is 0.220 e. The predicted octanol–water partition coefficient (Wildman–Crippen LogP) is 5.76. The van der Waals surface area contributed by atoms with Crippen molar-refractivity contribution in [1.29, 1.82) is 0 Å². The Balaban J connectivity index is 1.48. The Morgan fingerprint density at radius 1 is 0.451 bits per heavy atom. The van der Waals surface area contributed by atoms with E-state index >= 15 is 0 Å². The maximum atomic E-state index is 13.3. The molecule has 3 fully saturated rings. The van der Waals surface area contributed by atoms with Gasteiger partial charge in [0, 0.05) is 6.42 Å². The van der Waals surface area contributed by atoms with Gasteiger partial charge in [-0.05, 0) is 77.0 Å². The van der Waals surface area contributed by atoms with E-state index in [9.17, 15) is 61.0 Å². The van der Waals surface area contributed by atoms with Gasteiger partial charge in [0.15, 0.2) is 18.9 Å². The molecular weight excluding hydrogens is 1060 g/mol. The molecule has 0 aromatic heterocycles. The summed E-state index contributed by atoms with van der Waals surface area (Å²) in [5.41, 5.74) is 0. The van der Waals surface area contributed by atoms with Crippen molar-refractivity contribution in [2.24, 2.45) is 0 Å². The van der Waals surface area contributed by atoms with E-state index in [-0.39, 0.29) is 18.9 Å². The average molecular weight is 1160 g/mol. The van der Waals surface area contributed by atoms with E-state index in [1.165, 1.54) is 44.9 Å². The van der Waals surface area contributed by atoms with Crippen LogP contribution in [-0.2, 0) is 33.2 Å². The molecule has 17 atom stereocenters. The Morgan fingerprint density at radius 3 is 1.32 bits per heavy atom. The quantitative estimate of drug-likeness (QED) is 0.0255. The van der Waals surface area contributed by atoms with Crippen molar-refractivity contribution in [3.05, 3.63) is 97.2 Å². The number of ether oxygens (including phenoxy) is 6. The molecule has 470 valence electrons. The maximum absolute atomic E-state index is 13.3. The molecule has 0 spiro atoms. The summed E-state index contributed by atoms with van der Waals surface area (Å²) in [6, 6.07) is -0.997. The van der Waals surface area contributed by atoms with Crippen molar-refractivity contribution >= 4 is 5.91 Å². The molecular formula is C63H105NO18. The number of amides is 1. The second kappa shape index (κ2) is 45.1. The van der Waals surface area contributed by atoms with Crippen LogP contribution in [0.4, 0.5) is 0 Å². The number of hydrogen-bond acceptors (Lipinski definition) is 18. The van der Waals surface area contributed by atoms with E-state index < -0.39 is 124 Å². The van der Waals surface area contributed by atoms with Crippen molar-refractivity contribution < 1.29 is 89.4 Å². The van der Waals surface area contributed by atoms with Crippen molar-refractivity contribution in [3.8, 4) is 0 Å². The number of aliphatic hydroxyl groups is 11. The van der Waals surface area contributed by atoms with E-state index in [1.54, 1.807) is 6.08 Å². The highest BCUT2D eigenvalue weighted by atomic mass is 16.8. The zero-order valence-corrected chi connectivity index (χ0v) is 48.9. The number of carbonyl (C=O) groups is 1.